The van der Waals surface area contributed by atoms with Crippen molar-refractivity contribution in [3.63, 3.8) is 0 Å². The summed E-state index contributed by atoms with van der Waals surface area (Å²) in [5, 5.41) is 0.275. The summed E-state index contributed by atoms with van der Waals surface area (Å²) in [6, 6.07) is 7.43. The molecule has 8 heteroatoms. The molecule has 0 amide bonds. The van der Waals surface area contributed by atoms with Crippen LogP contribution in [-0.2, 0) is 42.7 Å². The van der Waals surface area contributed by atoms with E-state index in [2.05, 4.69) is 0 Å². The standard InChI is InChI=1S/C36H57O7P/c1-11-13-19-42-31(37)17-15-27-21-25(3)33(29(23-27)35(5,6)7)44(39,40,41)34-26(4)22-28(24-30(34)36(8,9)10)16-18-32(38)43-20-14-12-2/h21-24,39-41H,11-20H2,1-10H3. The number of ether oxygens (including phenoxy) is 2. The third-order valence-electron chi connectivity index (χ3n) is 7.92. The maximum absolute atomic E-state index is 12.3. The van der Waals surface area contributed by atoms with Crippen LogP contribution in [-0.4, -0.2) is 39.8 Å². The molecule has 0 heterocycles. The fourth-order valence-corrected chi connectivity index (χ4v) is 8.98. The van der Waals surface area contributed by atoms with E-state index in [9.17, 15) is 24.3 Å². The fourth-order valence-electron chi connectivity index (χ4n) is 5.64. The van der Waals surface area contributed by atoms with Crippen LogP contribution in [0.2, 0.25) is 0 Å². The average molecular weight is 633 g/mol. The number of benzene rings is 2. The Bertz CT molecular complexity index is 1210. The summed E-state index contributed by atoms with van der Waals surface area (Å²) in [5.74, 6) is -0.522. The maximum atomic E-state index is 12.3. The van der Waals surface area contributed by atoms with Gasteiger partial charge in [0.05, 0.1) is 0 Å². The van der Waals surface area contributed by atoms with Crippen LogP contribution in [0.5, 0.6) is 0 Å². The number of carbonyl (C=O) groups is 2. The van der Waals surface area contributed by atoms with Gasteiger partial charge in [0, 0.05) is 0 Å². The van der Waals surface area contributed by atoms with Gasteiger partial charge in [0.1, 0.15) is 0 Å². The summed E-state index contributed by atoms with van der Waals surface area (Å²) in [6.07, 6.45) is 4.86. The molecule has 0 unspecified atom stereocenters. The number of esters is 2. The van der Waals surface area contributed by atoms with Crippen LogP contribution in [0.1, 0.15) is 127 Å². The van der Waals surface area contributed by atoms with E-state index in [1.807, 2.05) is 79.7 Å². The molecule has 2 rings (SSSR count). The first-order valence-corrected chi connectivity index (χ1v) is 18.2. The SMILES string of the molecule is CCCCOC(=O)CCc1cc(C)c(P(O)(O)(O)c2c(C)cc(CCC(=O)OCCCC)cc2C(C)(C)C)c(C(C)(C)C)c1. The number of hydrogen-bond acceptors (Lipinski definition) is 7. The number of carbonyl (C=O) groups excluding carboxylic acids is 2. The van der Waals surface area contributed by atoms with E-state index in [1.54, 1.807) is 13.8 Å². The molecule has 7 nitrogen and oxygen atoms in total. The Kier molecular flexibility index (Phi) is 12.8. The number of unbranched alkanes of at least 4 members (excludes halogenated alkanes) is 2. The van der Waals surface area contributed by atoms with E-state index < -0.39 is 18.1 Å². The Morgan fingerprint density at radius 1 is 0.659 bits per heavy atom. The first kappa shape index (κ1) is 37.9. The van der Waals surface area contributed by atoms with Gasteiger partial charge in [0.2, 0.25) is 0 Å². The second-order valence-electron chi connectivity index (χ2n) is 14.2. The molecule has 0 radical (unpaired) electrons. The predicted molar refractivity (Wildman–Crippen MR) is 181 cm³/mol. The molecule has 0 aliphatic heterocycles. The predicted octanol–water partition coefficient (Wildman–Crippen LogP) is 6.68. The van der Waals surface area contributed by atoms with E-state index in [0.29, 0.717) is 48.3 Å². The molecule has 0 saturated heterocycles. The zero-order valence-corrected chi connectivity index (χ0v) is 29.7. The molecule has 3 N–H and O–H groups in total. The molecular weight excluding hydrogens is 575 g/mol. The molecule has 0 saturated carbocycles. The molecule has 248 valence electrons. The third-order valence-corrected chi connectivity index (χ3v) is 10.8. The van der Waals surface area contributed by atoms with Gasteiger partial charge in [-0.05, 0) is 0 Å². The van der Waals surface area contributed by atoms with Crippen LogP contribution in [0.3, 0.4) is 0 Å². The quantitative estimate of drug-likeness (QED) is 0.121. The molecule has 2 aromatic carbocycles. The Morgan fingerprint density at radius 2 is 1.00 bits per heavy atom. The van der Waals surface area contributed by atoms with Crippen molar-refractivity contribution >= 4 is 29.8 Å². The Hall–Kier alpha value is -2.31. The van der Waals surface area contributed by atoms with Crippen molar-refractivity contribution in [3.8, 4) is 0 Å². The molecule has 0 aromatic heterocycles. The van der Waals surface area contributed by atoms with Crippen molar-refractivity contribution in [2.75, 3.05) is 13.2 Å². The van der Waals surface area contributed by atoms with Gasteiger partial charge in [0.15, 0.2) is 0 Å². The summed E-state index contributed by atoms with van der Waals surface area (Å²) in [6.45, 7) is 20.3. The number of rotatable bonds is 14. The fraction of sp³-hybridized carbons (Fsp3) is 0.611. The summed E-state index contributed by atoms with van der Waals surface area (Å²) < 4.78 is 10.7. The monoisotopic (exact) mass is 632 g/mol. The van der Waals surface area contributed by atoms with Gasteiger partial charge in [-0.3, -0.25) is 0 Å². The average Bonchev–Trinajstić information content (AvgIpc) is 2.88. The van der Waals surface area contributed by atoms with Gasteiger partial charge in [-0.25, -0.2) is 0 Å². The normalized spacial score (nSPS) is 13.3. The van der Waals surface area contributed by atoms with Crippen LogP contribution in [0.4, 0.5) is 0 Å². The van der Waals surface area contributed by atoms with E-state index >= 15 is 0 Å². The van der Waals surface area contributed by atoms with Gasteiger partial charge in [0.25, 0.3) is 0 Å². The van der Waals surface area contributed by atoms with Crippen LogP contribution in [0, 0.1) is 13.8 Å². The molecule has 0 aliphatic carbocycles. The summed E-state index contributed by atoms with van der Waals surface area (Å²) in [5.41, 5.74) is 2.97. The van der Waals surface area contributed by atoms with E-state index in [-0.39, 0.29) is 35.4 Å². The second-order valence-corrected chi connectivity index (χ2v) is 17.1. The first-order chi connectivity index (χ1) is 20.2. The topological polar surface area (TPSA) is 113 Å². The van der Waals surface area contributed by atoms with E-state index in [0.717, 1.165) is 36.8 Å². The van der Waals surface area contributed by atoms with Crippen molar-refractivity contribution in [2.24, 2.45) is 0 Å². The van der Waals surface area contributed by atoms with Gasteiger partial charge in [-0.15, -0.1) is 0 Å². The zero-order chi connectivity index (χ0) is 33.5. The van der Waals surface area contributed by atoms with Crippen molar-refractivity contribution in [3.05, 3.63) is 57.6 Å². The Balaban J connectivity index is 2.63. The van der Waals surface area contributed by atoms with Gasteiger partial charge in [-0.2, -0.15) is 0 Å². The minimum atomic E-state index is -5.73. The van der Waals surface area contributed by atoms with Crippen molar-refractivity contribution < 1.29 is 33.7 Å². The summed E-state index contributed by atoms with van der Waals surface area (Å²) >= 11 is 0. The van der Waals surface area contributed by atoms with Crippen LogP contribution in [0.25, 0.3) is 0 Å². The molecule has 44 heavy (non-hydrogen) atoms. The minimum absolute atomic E-state index is 0.138. The van der Waals surface area contributed by atoms with Crippen LogP contribution < -0.4 is 10.6 Å². The third kappa shape index (κ3) is 9.84. The Labute approximate surface area is 265 Å². The molecule has 0 bridgehead atoms. The summed E-state index contributed by atoms with van der Waals surface area (Å²) in [4.78, 5) is 61.6. The second kappa shape index (κ2) is 14.9. The molecule has 0 atom stereocenters. The Morgan fingerprint density at radius 3 is 1.30 bits per heavy atom. The van der Waals surface area contributed by atoms with Crippen molar-refractivity contribution in [1.29, 1.82) is 0 Å². The van der Waals surface area contributed by atoms with Crippen LogP contribution in [0.15, 0.2) is 24.3 Å². The van der Waals surface area contributed by atoms with E-state index in [1.165, 1.54) is 0 Å². The van der Waals surface area contributed by atoms with Crippen molar-refractivity contribution in [1.82, 2.24) is 0 Å². The van der Waals surface area contributed by atoms with Gasteiger partial charge in [-0.1, -0.05) is 0 Å². The van der Waals surface area contributed by atoms with Gasteiger partial charge < -0.3 is 0 Å². The molecule has 2 aromatic rings. The zero-order valence-electron chi connectivity index (χ0n) is 28.8. The van der Waals surface area contributed by atoms with E-state index in [4.69, 9.17) is 9.47 Å². The summed E-state index contributed by atoms with van der Waals surface area (Å²) in [7, 11) is -5.73. The number of aryl methyl sites for hydroxylation is 4. The van der Waals surface area contributed by atoms with Crippen molar-refractivity contribution in [2.45, 2.75) is 131 Å². The van der Waals surface area contributed by atoms with Crippen LogP contribution >= 0.6 is 7.28 Å². The molecule has 0 fully saturated rings. The van der Waals surface area contributed by atoms with Gasteiger partial charge >= 0.3 is 266 Å². The molecular formula is C36H57O7P. The molecule has 0 spiro atoms. The molecule has 0 aliphatic rings. The first-order valence-electron chi connectivity index (χ1n) is 16.1. The number of hydrogen-bond donors (Lipinski definition) is 3.